The van der Waals surface area contributed by atoms with Crippen LogP contribution in [-0.2, 0) is 7.05 Å². The van der Waals surface area contributed by atoms with E-state index < -0.39 is 6.10 Å². The molecule has 0 fully saturated rings. The van der Waals surface area contributed by atoms with Gasteiger partial charge in [0.05, 0.1) is 21.9 Å². The van der Waals surface area contributed by atoms with Crippen molar-refractivity contribution in [2.24, 2.45) is 7.05 Å². The fraction of sp³-hybridized carbons (Fsp3) is 0.143. The van der Waals surface area contributed by atoms with Crippen LogP contribution >= 0.6 is 15.9 Å². The third-order valence-corrected chi connectivity index (χ3v) is 3.75. The molecule has 1 atom stereocenters. The Balaban J connectivity index is 2.09. The van der Waals surface area contributed by atoms with Crippen molar-refractivity contribution in [1.82, 2.24) is 14.8 Å². The van der Waals surface area contributed by atoms with Crippen LogP contribution in [-0.4, -0.2) is 19.9 Å². The third kappa shape index (κ3) is 2.15. The lowest BCUT2D eigenvalue weighted by molar-refractivity contribution is 0.209. The number of nitrogens with zero attached hydrogens (tertiary/aromatic N) is 3. The molecule has 4 nitrogen and oxygen atoms in total. The summed E-state index contributed by atoms with van der Waals surface area (Å²) in [5, 5.41) is 15.6. The molecule has 3 rings (SSSR count). The molecule has 2 heterocycles. The van der Waals surface area contributed by atoms with Crippen molar-refractivity contribution in [2.45, 2.75) is 6.10 Å². The highest BCUT2D eigenvalue weighted by Crippen LogP contribution is 2.29. The quantitative estimate of drug-likeness (QED) is 0.790. The number of hydrogen-bond acceptors (Lipinski definition) is 3. The third-order valence-electron chi connectivity index (χ3n) is 3.14. The maximum absolute atomic E-state index is 10.5. The van der Waals surface area contributed by atoms with E-state index in [1.165, 1.54) is 0 Å². The van der Waals surface area contributed by atoms with Crippen LogP contribution in [0.2, 0.25) is 0 Å². The summed E-state index contributed by atoms with van der Waals surface area (Å²) >= 11 is 3.41. The first-order valence-corrected chi connectivity index (χ1v) is 6.66. The predicted molar refractivity (Wildman–Crippen MR) is 76.7 cm³/mol. The van der Waals surface area contributed by atoms with Gasteiger partial charge in [-0.2, -0.15) is 5.10 Å². The zero-order chi connectivity index (χ0) is 13.4. The number of benzene rings is 1. The van der Waals surface area contributed by atoms with Gasteiger partial charge in [-0.1, -0.05) is 12.1 Å². The molecular formula is C14H12BrN3O. The Labute approximate surface area is 118 Å². The number of aliphatic hydroxyl groups is 1. The van der Waals surface area contributed by atoms with Gasteiger partial charge in [0, 0.05) is 18.6 Å². The number of aliphatic hydroxyl groups excluding tert-OH is 1. The van der Waals surface area contributed by atoms with Gasteiger partial charge in [-0.3, -0.25) is 9.67 Å². The van der Waals surface area contributed by atoms with E-state index in [4.69, 9.17) is 0 Å². The number of aromatic nitrogens is 3. The summed E-state index contributed by atoms with van der Waals surface area (Å²) in [6.07, 6.45) is 2.73. The van der Waals surface area contributed by atoms with Crippen LogP contribution < -0.4 is 0 Å². The van der Waals surface area contributed by atoms with Gasteiger partial charge in [0.15, 0.2) is 0 Å². The molecule has 0 radical (unpaired) electrons. The van der Waals surface area contributed by atoms with Gasteiger partial charge in [-0.05, 0) is 39.7 Å². The summed E-state index contributed by atoms with van der Waals surface area (Å²) in [6.45, 7) is 0. The van der Waals surface area contributed by atoms with E-state index in [1.807, 2.05) is 37.4 Å². The molecule has 0 aliphatic heterocycles. The number of hydrogen-bond donors (Lipinski definition) is 1. The average Bonchev–Trinajstić information content (AvgIpc) is 2.77. The Morgan fingerprint density at radius 2 is 2.16 bits per heavy atom. The summed E-state index contributed by atoms with van der Waals surface area (Å²) in [4.78, 5) is 4.27. The zero-order valence-electron chi connectivity index (χ0n) is 10.3. The first-order chi connectivity index (χ1) is 9.16. The second-order valence-corrected chi connectivity index (χ2v) is 5.21. The van der Waals surface area contributed by atoms with E-state index in [2.05, 4.69) is 26.0 Å². The summed E-state index contributed by atoms with van der Waals surface area (Å²) in [7, 11) is 1.81. The first-order valence-electron chi connectivity index (χ1n) is 5.87. The maximum atomic E-state index is 10.5. The van der Waals surface area contributed by atoms with Crippen molar-refractivity contribution in [3.05, 3.63) is 58.5 Å². The highest BCUT2D eigenvalue weighted by molar-refractivity contribution is 9.10. The highest BCUT2D eigenvalue weighted by atomic mass is 79.9. The number of rotatable bonds is 2. The van der Waals surface area contributed by atoms with Crippen molar-refractivity contribution in [1.29, 1.82) is 0 Å². The normalized spacial score (nSPS) is 12.8. The van der Waals surface area contributed by atoms with Crippen LogP contribution in [0.25, 0.3) is 10.9 Å². The maximum Gasteiger partial charge on any atom is 0.122 e. The second kappa shape index (κ2) is 4.75. The van der Waals surface area contributed by atoms with Gasteiger partial charge in [-0.15, -0.1) is 0 Å². The molecule has 5 heteroatoms. The number of halogens is 1. The Morgan fingerprint density at radius 3 is 2.89 bits per heavy atom. The van der Waals surface area contributed by atoms with E-state index in [-0.39, 0.29) is 0 Å². The van der Waals surface area contributed by atoms with Gasteiger partial charge in [0.1, 0.15) is 6.10 Å². The molecule has 1 aromatic carbocycles. The molecule has 2 aromatic heterocycles. The summed E-state index contributed by atoms with van der Waals surface area (Å²) in [5.74, 6) is 0. The number of pyridine rings is 1. The van der Waals surface area contributed by atoms with Crippen molar-refractivity contribution in [3.8, 4) is 0 Å². The minimum absolute atomic E-state index is 0.716. The topological polar surface area (TPSA) is 50.9 Å². The van der Waals surface area contributed by atoms with Crippen LogP contribution in [0.4, 0.5) is 0 Å². The molecule has 0 bridgehead atoms. The van der Waals surface area contributed by atoms with Crippen LogP contribution in [0.1, 0.15) is 17.4 Å². The molecule has 19 heavy (non-hydrogen) atoms. The SMILES string of the molecule is Cn1ncc(Br)c1C(O)c1ccc2ncccc2c1. The van der Waals surface area contributed by atoms with Crippen molar-refractivity contribution in [2.75, 3.05) is 0 Å². The molecule has 0 aliphatic carbocycles. The van der Waals surface area contributed by atoms with Crippen LogP contribution in [0.3, 0.4) is 0 Å². The van der Waals surface area contributed by atoms with E-state index in [9.17, 15) is 5.11 Å². The number of aryl methyl sites for hydroxylation is 1. The molecule has 0 amide bonds. The molecule has 3 aromatic rings. The Bertz CT molecular complexity index is 719. The largest absolute Gasteiger partial charge is 0.382 e. The molecule has 0 aliphatic rings. The molecule has 0 spiro atoms. The molecular weight excluding hydrogens is 306 g/mol. The smallest absolute Gasteiger partial charge is 0.122 e. The monoisotopic (exact) mass is 317 g/mol. The summed E-state index contributed by atoms with van der Waals surface area (Å²) in [6, 6.07) is 9.62. The Morgan fingerprint density at radius 1 is 1.32 bits per heavy atom. The molecule has 96 valence electrons. The van der Waals surface area contributed by atoms with Crippen molar-refractivity contribution in [3.63, 3.8) is 0 Å². The molecule has 1 unspecified atom stereocenters. The standard InChI is InChI=1S/C14H12BrN3O/c1-18-13(11(15)8-17-18)14(19)10-4-5-12-9(7-10)3-2-6-16-12/h2-8,14,19H,1H3. The van der Waals surface area contributed by atoms with Crippen LogP contribution in [0.15, 0.2) is 47.2 Å². The van der Waals surface area contributed by atoms with Gasteiger partial charge in [0.25, 0.3) is 0 Å². The Hall–Kier alpha value is -1.72. The lowest BCUT2D eigenvalue weighted by atomic mass is 10.0. The first kappa shape index (κ1) is 12.3. The molecule has 0 saturated carbocycles. The van der Waals surface area contributed by atoms with Crippen LogP contribution in [0, 0.1) is 0 Å². The fourth-order valence-corrected chi connectivity index (χ4v) is 2.71. The van der Waals surface area contributed by atoms with Crippen molar-refractivity contribution < 1.29 is 5.11 Å². The minimum atomic E-state index is -0.716. The van der Waals surface area contributed by atoms with Gasteiger partial charge < -0.3 is 5.11 Å². The summed E-state index contributed by atoms with van der Waals surface area (Å²) < 4.78 is 2.47. The number of fused-ring (bicyclic) bond motifs is 1. The second-order valence-electron chi connectivity index (χ2n) is 4.36. The average molecular weight is 318 g/mol. The van der Waals surface area contributed by atoms with Gasteiger partial charge >= 0.3 is 0 Å². The van der Waals surface area contributed by atoms with E-state index in [0.29, 0.717) is 0 Å². The van der Waals surface area contributed by atoms with E-state index >= 15 is 0 Å². The van der Waals surface area contributed by atoms with E-state index in [0.717, 1.165) is 26.6 Å². The minimum Gasteiger partial charge on any atom is -0.382 e. The van der Waals surface area contributed by atoms with Gasteiger partial charge in [0.2, 0.25) is 0 Å². The van der Waals surface area contributed by atoms with Crippen molar-refractivity contribution >= 4 is 26.8 Å². The summed E-state index contributed by atoms with van der Waals surface area (Å²) in [5.41, 5.74) is 2.48. The molecule has 0 saturated heterocycles. The lowest BCUT2D eigenvalue weighted by Gasteiger charge is -2.13. The lowest BCUT2D eigenvalue weighted by Crippen LogP contribution is -2.07. The fourth-order valence-electron chi connectivity index (χ4n) is 2.15. The van der Waals surface area contributed by atoms with Gasteiger partial charge in [-0.25, -0.2) is 0 Å². The Kier molecular flexibility index (Phi) is 3.08. The highest BCUT2D eigenvalue weighted by Gasteiger charge is 2.18. The predicted octanol–water partition coefficient (Wildman–Crippen LogP) is 2.81. The zero-order valence-corrected chi connectivity index (χ0v) is 11.9. The molecule has 1 N–H and O–H groups in total. The van der Waals surface area contributed by atoms with E-state index in [1.54, 1.807) is 17.1 Å². The van der Waals surface area contributed by atoms with Crippen LogP contribution in [0.5, 0.6) is 0 Å².